The average molecular weight is 473 g/mol. The van der Waals surface area contributed by atoms with Gasteiger partial charge in [-0.25, -0.2) is 4.98 Å². The first kappa shape index (κ1) is 21.0. The van der Waals surface area contributed by atoms with Crippen LogP contribution in [-0.2, 0) is 4.74 Å². The molecule has 2 aromatic carbocycles. The van der Waals surface area contributed by atoms with Gasteiger partial charge in [-0.3, -0.25) is 4.90 Å². The third-order valence-electron chi connectivity index (χ3n) is 5.97. The maximum Gasteiger partial charge on any atom is 0.163 e. The van der Waals surface area contributed by atoms with Gasteiger partial charge in [-0.2, -0.15) is 0 Å². The lowest BCUT2D eigenvalue weighted by molar-refractivity contribution is 0.0322. The summed E-state index contributed by atoms with van der Waals surface area (Å²) in [6.07, 6.45) is 1.58. The van der Waals surface area contributed by atoms with E-state index in [0.717, 1.165) is 72.0 Å². The van der Waals surface area contributed by atoms with Gasteiger partial charge in [0.2, 0.25) is 0 Å². The predicted molar refractivity (Wildman–Crippen MR) is 135 cm³/mol. The van der Waals surface area contributed by atoms with Gasteiger partial charge in [-0.15, -0.1) is 21.5 Å². The van der Waals surface area contributed by atoms with E-state index in [4.69, 9.17) is 14.5 Å². The highest BCUT2D eigenvalue weighted by Crippen LogP contribution is 2.37. The van der Waals surface area contributed by atoms with Gasteiger partial charge in [0.25, 0.3) is 0 Å². The number of fused-ring (bicyclic) bond motifs is 3. The lowest BCUT2D eigenvalue weighted by Crippen LogP contribution is -2.38. The summed E-state index contributed by atoms with van der Waals surface area (Å²) in [4.78, 5) is 10.5. The molecule has 34 heavy (non-hydrogen) atoms. The van der Waals surface area contributed by atoms with E-state index in [1.165, 1.54) is 4.70 Å². The van der Waals surface area contributed by atoms with Crippen molar-refractivity contribution in [1.29, 1.82) is 0 Å². The van der Waals surface area contributed by atoms with Crippen LogP contribution in [0.2, 0.25) is 0 Å². The van der Waals surface area contributed by atoms with Crippen molar-refractivity contribution in [3.63, 3.8) is 0 Å². The molecule has 0 aliphatic carbocycles. The number of hydrogen-bond donors (Lipinski definition) is 2. The SMILES string of the molecule is c1cc(Nc2nc3c(-c4nnc[nH]4)cccc3c3sccc23)cc(OCCN2CCOCC2)c1. The van der Waals surface area contributed by atoms with E-state index < -0.39 is 0 Å². The molecule has 2 N–H and O–H groups in total. The fourth-order valence-corrected chi connectivity index (χ4v) is 5.19. The Morgan fingerprint density at radius 2 is 2.00 bits per heavy atom. The van der Waals surface area contributed by atoms with Crippen molar-refractivity contribution in [2.45, 2.75) is 0 Å². The molecule has 0 amide bonds. The second-order valence-electron chi connectivity index (χ2n) is 8.12. The van der Waals surface area contributed by atoms with E-state index in [2.05, 4.69) is 42.9 Å². The molecule has 0 saturated carbocycles. The number of aromatic nitrogens is 4. The van der Waals surface area contributed by atoms with Crippen LogP contribution in [0.25, 0.3) is 32.4 Å². The number of H-pyrrole nitrogens is 1. The Morgan fingerprint density at radius 3 is 2.88 bits per heavy atom. The Kier molecular flexibility index (Phi) is 5.80. The van der Waals surface area contributed by atoms with Crippen LogP contribution in [0.4, 0.5) is 11.5 Å². The van der Waals surface area contributed by atoms with Crippen molar-refractivity contribution in [2.24, 2.45) is 0 Å². The quantitative estimate of drug-likeness (QED) is 0.355. The lowest BCUT2D eigenvalue weighted by Gasteiger charge is -2.26. The van der Waals surface area contributed by atoms with Crippen LogP contribution in [0.15, 0.2) is 60.2 Å². The zero-order valence-corrected chi connectivity index (χ0v) is 19.3. The number of pyridine rings is 1. The highest BCUT2D eigenvalue weighted by Gasteiger charge is 2.15. The Balaban J connectivity index is 1.28. The minimum absolute atomic E-state index is 0.646. The lowest BCUT2D eigenvalue weighted by atomic mass is 10.1. The second-order valence-corrected chi connectivity index (χ2v) is 9.03. The first-order chi connectivity index (χ1) is 16.8. The van der Waals surface area contributed by atoms with E-state index in [9.17, 15) is 0 Å². The minimum Gasteiger partial charge on any atom is -0.492 e. The van der Waals surface area contributed by atoms with Gasteiger partial charge in [0.1, 0.15) is 24.5 Å². The zero-order chi connectivity index (χ0) is 22.7. The predicted octanol–water partition coefficient (Wildman–Crippen LogP) is 4.69. The Labute approximate surface area is 200 Å². The summed E-state index contributed by atoms with van der Waals surface area (Å²) >= 11 is 1.71. The highest BCUT2D eigenvalue weighted by molar-refractivity contribution is 7.18. The molecule has 0 bridgehead atoms. The van der Waals surface area contributed by atoms with Gasteiger partial charge in [0.05, 0.1) is 18.7 Å². The van der Waals surface area contributed by atoms with Crippen LogP contribution in [0.3, 0.4) is 0 Å². The van der Waals surface area contributed by atoms with Gasteiger partial charge in [0.15, 0.2) is 5.82 Å². The number of benzene rings is 2. The number of aromatic amines is 1. The number of hydrogen-bond acceptors (Lipinski definition) is 8. The summed E-state index contributed by atoms with van der Waals surface area (Å²) in [6, 6.07) is 16.3. The molecule has 4 heterocycles. The van der Waals surface area contributed by atoms with Gasteiger partial charge in [0, 0.05) is 52.4 Å². The number of nitrogens with one attached hydrogen (secondary N) is 2. The normalized spacial score (nSPS) is 14.6. The van der Waals surface area contributed by atoms with Gasteiger partial charge in [-0.05, 0) is 29.6 Å². The van der Waals surface area contributed by atoms with E-state index in [-0.39, 0.29) is 0 Å². The molecule has 1 aliphatic heterocycles. The van der Waals surface area contributed by atoms with E-state index in [1.54, 1.807) is 17.7 Å². The zero-order valence-electron chi connectivity index (χ0n) is 18.5. The second kappa shape index (κ2) is 9.38. The number of thiophene rings is 1. The number of rotatable bonds is 7. The number of nitrogens with zero attached hydrogens (tertiary/aromatic N) is 4. The number of para-hydroxylation sites is 1. The fourth-order valence-electron chi connectivity index (χ4n) is 4.26. The molecule has 9 heteroatoms. The summed E-state index contributed by atoms with van der Waals surface area (Å²) in [6.45, 7) is 5.07. The molecular formula is C25H24N6O2S. The molecule has 1 aliphatic rings. The summed E-state index contributed by atoms with van der Waals surface area (Å²) in [5.74, 6) is 2.35. The van der Waals surface area contributed by atoms with Crippen LogP contribution in [0.1, 0.15) is 0 Å². The van der Waals surface area contributed by atoms with Gasteiger partial charge < -0.3 is 19.8 Å². The highest BCUT2D eigenvalue weighted by atomic mass is 32.1. The van der Waals surface area contributed by atoms with Crippen LogP contribution in [-0.4, -0.2) is 64.5 Å². The minimum atomic E-state index is 0.646. The molecule has 1 saturated heterocycles. The van der Waals surface area contributed by atoms with Crippen molar-refractivity contribution in [3.8, 4) is 17.1 Å². The maximum atomic E-state index is 6.04. The van der Waals surface area contributed by atoms with Crippen molar-refractivity contribution in [3.05, 3.63) is 60.2 Å². The molecule has 0 radical (unpaired) electrons. The third-order valence-corrected chi connectivity index (χ3v) is 6.92. The molecule has 1 fully saturated rings. The molecule has 0 atom stereocenters. The smallest absolute Gasteiger partial charge is 0.163 e. The number of ether oxygens (including phenoxy) is 2. The first-order valence-electron chi connectivity index (χ1n) is 11.3. The molecule has 0 unspecified atom stereocenters. The molecule has 6 rings (SSSR count). The van der Waals surface area contributed by atoms with Crippen LogP contribution >= 0.6 is 11.3 Å². The molecule has 3 aromatic heterocycles. The maximum absolute atomic E-state index is 6.04. The molecule has 172 valence electrons. The average Bonchev–Trinajstić information content (AvgIpc) is 3.58. The van der Waals surface area contributed by atoms with Crippen LogP contribution in [0.5, 0.6) is 5.75 Å². The molecule has 8 nitrogen and oxygen atoms in total. The van der Waals surface area contributed by atoms with E-state index in [1.807, 2.05) is 36.4 Å². The Morgan fingerprint density at radius 1 is 1.09 bits per heavy atom. The summed E-state index contributed by atoms with van der Waals surface area (Å²) in [7, 11) is 0. The van der Waals surface area contributed by atoms with Gasteiger partial charge in [-0.1, -0.05) is 18.2 Å². The molecule has 0 spiro atoms. The standard InChI is InChI=1S/C25H24N6O2S/c1-3-17(15-18(4-1)33-13-10-31-8-11-32-12-9-31)28-25-21-7-14-34-23(21)19-5-2-6-20(22(19)29-25)24-26-16-27-30-24/h1-7,14-16H,8-13H2,(H,28,29)(H,26,27,30). The summed E-state index contributed by atoms with van der Waals surface area (Å²) < 4.78 is 12.6. The van der Waals surface area contributed by atoms with Crippen LogP contribution < -0.4 is 10.1 Å². The number of anilines is 2. The van der Waals surface area contributed by atoms with Crippen molar-refractivity contribution >= 4 is 43.8 Å². The largest absolute Gasteiger partial charge is 0.492 e. The van der Waals surface area contributed by atoms with Crippen molar-refractivity contribution in [1.82, 2.24) is 25.1 Å². The fraction of sp³-hybridized carbons (Fsp3) is 0.240. The van der Waals surface area contributed by atoms with Gasteiger partial charge >= 0.3 is 0 Å². The number of morpholine rings is 1. The third kappa shape index (κ3) is 4.21. The molecule has 5 aromatic rings. The molecular weight excluding hydrogens is 448 g/mol. The summed E-state index contributed by atoms with van der Waals surface area (Å²) in [5.41, 5.74) is 2.74. The Hall–Kier alpha value is -3.53. The van der Waals surface area contributed by atoms with Crippen LogP contribution in [0, 0.1) is 0 Å². The van der Waals surface area contributed by atoms with E-state index in [0.29, 0.717) is 12.4 Å². The Bertz CT molecular complexity index is 1410. The first-order valence-corrected chi connectivity index (χ1v) is 12.2. The monoisotopic (exact) mass is 472 g/mol. The van der Waals surface area contributed by atoms with E-state index >= 15 is 0 Å². The topological polar surface area (TPSA) is 88.2 Å². The summed E-state index contributed by atoms with van der Waals surface area (Å²) in [5, 5.41) is 16.0. The van der Waals surface area contributed by atoms with Crippen molar-refractivity contribution in [2.75, 3.05) is 44.8 Å². The van der Waals surface area contributed by atoms with Crippen molar-refractivity contribution < 1.29 is 9.47 Å².